The van der Waals surface area contributed by atoms with Gasteiger partial charge < -0.3 is 10.4 Å². The van der Waals surface area contributed by atoms with Gasteiger partial charge in [0.1, 0.15) is 22.1 Å². The summed E-state index contributed by atoms with van der Waals surface area (Å²) >= 11 is 7.61. The Kier molecular flexibility index (Phi) is 6.16. The number of hydrogen-bond acceptors (Lipinski definition) is 9. The standard InChI is InChI=1S/C17H17BrN6O4S3/c1-6-9(18)10(22-23(6)3)13(25)19-11-14(26)24-12(16(27)28)8(4-29-15(11)24)5-30-17-21-20-7(2)31-17/h11,15H,4-5H2,1-3H3,(H,19,25)(H,27,28)/t11-,15+/m0/s1. The molecule has 0 unspecified atom stereocenters. The molecule has 10 nitrogen and oxygen atoms in total. The predicted octanol–water partition coefficient (Wildman–Crippen LogP) is 1.80. The molecular formula is C17H17BrN6O4S3. The molecule has 4 rings (SSSR count). The van der Waals surface area contributed by atoms with Crippen molar-refractivity contribution in [2.75, 3.05) is 11.5 Å². The fraction of sp³-hybridized carbons (Fsp3) is 0.412. The van der Waals surface area contributed by atoms with Gasteiger partial charge in [-0.1, -0.05) is 23.1 Å². The van der Waals surface area contributed by atoms with E-state index in [-0.39, 0.29) is 11.4 Å². The Hall–Kier alpha value is -1.90. The third kappa shape index (κ3) is 4.01. The van der Waals surface area contributed by atoms with E-state index in [0.29, 0.717) is 21.6 Å². The number of nitrogens with zero attached hydrogens (tertiary/aromatic N) is 5. The molecule has 2 atom stereocenters. The number of fused-ring (bicyclic) bond motifs is 1. The fourth-order valence-corrected chi connectivity index (χ4v) is 7.03. The Bertz CT molecular complexity index is 1130. The van der Waals surface area contributed by atoms with Crippen LogP contribution in [0.3, 0.4) is 0 Å². The topological polar surface area (TPSA) is 130 Å². The summed E-state index contributed by atoms with van der Waals surface area (Å²) in [7, 11) is 1.72. The highest BCUT2D eigenvalue weighted by atomic mass is 79.9. The molecule has 164 valence electrons. The van der Waals surface area contributed by atoms with Gasteiger partial charge in [0.05, 0.1) is 10.2 Å². The number of hydrogen-bond donors (Lipinski definition) is 2. The number of halogens is 1. The molecule has 0 radical (unpaired) electrons. The molecule has 0 aliphatic carbocycles. The molecule has 31 heavy (non-hydrogen) atoms. The number of carboxylic acid groups (broad SMARTS) is 1. The molecule has 2 amide bonds. The first-order chi connectivity index (χ1) is 14.7. The molecule has 0 saturated carbocycles. The lowest BCUT2D eigenvalue weighted by Crippen LogP contribution is -2.70. The average Bonchev–Trinajstić information content (AvgIpc) is 3.27. The van der Waals surface area contributed by atoms with Gasteiger partial charge in [0, 0.05) is 18.6 Å². The number of carboxylic acids is 1. The number of aliphatic carboxylic acids is 1. The molecule has 0 spiro atoms. The van der Waals surface area contributed by atoms with Crippen molar-refractivity contribution in [3.63, 3.8) is 0 Å². The van der Waals surface area contributed by atoms with Crippen LogP contribution in [0.15, 0.2) is 20.1 Å². The highest BCUT2D eigenvalue weighted by Crippen LogP contribution is 2.42. The van der Waals surface area contributed by atoms with E-state index in [1.54, 1.807) is 11.7 Å². The number of aryl methyl sites for hydroxylation is 2. The Balaban J connectivity index is 1.49. The SMILES string of the molecule is Cc1nnc(SCC2=C(C(=O)O)N3C(=O)[C@H](NC(=O)c4nn(C)c(C)c4Br)[C@H]3SC2)s1. The van der Waals surface area contributed by atoms with Crippen molar-refractivity contribution in [1.82, 2.24) is 30.2 Å². The van der Waals surface area contributed by atoms with E-state index in [1.807, 2.05) is 13.8 Å². The van der Waals surface area contributed by atoms with Gasteiger partial charge in [-0.05, 0) is 35.4 Å². The van der Waals surface area contributed by atoms with Crippen LogP contribution in [-0.4, -0.2) is 70.7 Å². The van der Waals surface area contributed by atoms with Crippen molar-refractivity contribution in [2.45, 2.75) is 29.6 Å². The van der Waals surface area contributed by atoms with Crippen LogP contribution in [0.5, 0.6) is 0 Å². The number of β-lactam (4-membered cyclic amide) rings is 1. The van der Waals surface area contributed by atoms with Gasteiger partial charge in [-0.2, -0.15) is 5.10 Å². The van der Waals surface area contributed by atoms with E-state index in [2.05, 4.69) is 36.5 Å². The maximum Gasteiger partial charge on any atom is 0.352 e. The average molecular weight is 545 g/mol. The summed E-state index contributed by atoms with van der Waals surface area (Å²) < 4.78 is 2.88. The van der Waals surface area contributed by atoms with Crippen molar-refractivity contribution in [3.05, 3.63) is 32.1 Å². The summed E-state index contributed by atoms with van der Waals surface area (Å²) in [5.74, 6) is -1.24. The minimum absolute atomic E-state index is 0.0113. The van der Waals surface area contributed by atoms with Crippen LogP contribution in [0.1, 0.15) is 21.2 Å². The van der Waals surface area contributed by atoms with Crippen molar-refractivity contribution in [3.8, 4) is 0 Å². The number of thioether (sulfide) groups is 2. The number of nitrogens with one attached hydrogen (secondary N) is 1. The van der Waals surface area contributed by atoms with E-state index in [9.17, 15) is 19.5 Å². The molecule has 2 N–H and O–H groups in total. The summed E-state index contributed by atoms with van der Waals surface area (Å²) in [6.07, 6.45) is 0. The second-order valence-corrected chi connectivity index (χ2v) is 11.2. The lowest BCUT2D eigenvalue weighted by Gasteiger charge is -2.49. The summed E-state index contributed by atoms with van der Waals surface area (Å²) in [6.45, 7) is 3.66. The molecule has 4 heterocycles. The number of rotatable bonds is 6. The second-order valence-electron chi connectivity index (χ2n) is 6.87. The fourth-order valence-electron chi connectivity index (χ4n) is 3.22. The number of amides is 2. The lowest BCUT2D eigenvalue weighted by molar-refractivity contribution is -0.148. The Morgan fingerprint density at radius 1 is 1.35 bits per heavy atom. The molecule has 1 fully saturated rings. The maximum absolute atomic E-state index is 12.8. The smallest absolute Gasteiger partial charge is 0.352 e. The molecule has 2 aromatic rings. The minimum Gasteiger partial charge on any atom is -0.477 e. The first kappa shape index (κ1) is 22.3. The van der Waals surface area contributed by atoms with Crippen molar-refractivity contribution < 1.29 is 19.5 Å². The third-order valence-corrected chi connectivity index (χ3v) is 9.24. The number of carbonyl (C=O) groups excluding carboxylic acids is 2. The van der Waals surface area contributed by atoms with Gasteiger partial charge in [0.15, 0.2) is 10.0 Å². The van der Waals surface area contributed by atoms with Gasteiger partial charge in [-0.25, -0.2) is 4.79 Å². The molecule has 1 saturated heterocycles. The minimum atomic E-state index is -1.16. The molecular weight excluding hydrogens is 528 g/mol. The molecule has 0 aromatic carbocycles. The normalized spacial score (nSPS) is 20.5. The summed E-state index contributed by atoms with van der Waals surface area (Å²) in [5.41, 5.74) is 1.60. The first-order valence-corrected chi connectivity index (χ1v) is 12.7. The van der Waals surface area contributed by atoms with E-state index < -0.39 is 29.2 Å². The maximum atomic E-state index is 12.8. The van der Waals surface area contributed by atoms with Crippen molar-refractivity contribution >= 4 is 68.6 Å². The zero-order valence-electron chi connectivity index (χ0n) is 16.6. The van der Waals surface area contributed by atoms with Gasteiger partial charge in [-0.15, -0.1) is 22.0 Å². The van der Waals surface area contributed by atoms with E-state index in [4.69, 9.17) is 0 Å². The van der Waals surface area contributed by atoms with Crippen LogP contribution in [-0.2, 0) is 16.6 Å². The van der Waals surface area contributed by atoms with Gasteiger partial charge in [0.2, 0.25) is 0 Å². The Labute approximate surface area is 198 Å². The van der Waals surface area contributed by atoms with Crippen molar-refractivity contribution in [2.24, 2.45) is 7.05 Å². The third-order valence-electron chi connectivity index (χ3n) is 4.89. The van der Waals surface area contributed by atoms with Crippen LogP contribution >= 0.6 is 50.8 Å². The monoisotopic (exact) mass is 544 g/mol. The van der Waals surface area contributed by atoms with Gasteiger partial charge >= 0.3 is 5.97 Å². The zero-order chi connectivity index (χ0) is 22.4. The summed E-state index contributed by atoms with van der Waals surface area (Å²) in [4.78, 5) is 38.7. The predicted molar refractivity (Wildman–Crippen MR) is 120 cm³/mol. The van der Waals surface area contributed by atoms with Gasteiger partial charge in [-0.3, -0.25) is 19.2 Å². The van der Waals surface area contributed by atoms with Crippen molar-refractivity contribution in [1.29, 1.82) is 0 Å². The van der Waals surface area contributed by atoms with Gasteiger partial charge in [0.25, 0.3) is 11.8 Å². The summed E-state index contributed by atoms with van der Waals surface area (Å²) in [5, 5.41) is 25.0. The highest BCUT2D eigenvalue weighted by molar-refractivity contribution is 9.10. The highest BCUT2D eigenvalue weighted by Gasteiger charge is 2.54. The first-order valence-electron chi connectivity index (χ1n) is 9.02. The number of aromatic nitrogens is 4. The quantitative estimate of drug-likeness (QED) is 0.412. The largest absolute Gasteiger partial charge is 0.477 e. The van der Waals surface area contributed by atoms with Crippen LogP contribution in [0.25, 0.3) is 0 Å². The molecule has 2 aliphatic rings. The van der Waals surface area contributed by atoms with Crippen LogP contribution < -0.4 is 5.32 Å². The molecule has 2 aliphatic heterocycles. The zero-order valence-corrected chi connectivity index (χ0v) is 20.6. The molecule has 2 aromatic heterocycles. The van der Waals surface area contributed by atoms with Crippen LogP contribution in [0.2, 0.25) is 0 Å². The van der Waals surface area contributed by atoms with Crippen LogP contribution in [0.4, 0.5) is 0 Å². The lowest BCUT2D eigenvalue weighted by atomic mass is 10.0. The Morgan fingerprint density at radius 3 is 2.68 bits per heavy atom. The number of carbonyl (C=O) groups is 3. The molecule has 14 heteroatoms. The second kappa shape index (κ2) is 8.56. The Morgan fingerprint density at radius 2 is 2.10 bits per heavy atom. The van der Waals surface area contributed by atoms with E-state index >= 15 is 0 Å². The van der Waals surface area contributed by atoms with E-state index in [1.165, 1.54) is 39.8 Å². The van der Waals surface area contributed by atoms with E-state index in [0.717, 1.165) is 15.0 Å². The van der Waals surface area contributed by atoms with Crippen LogP contribution in [0, 0.1) is 13.8 Å². The molecule has 0 bridgehead atoms. The summed E-state index contributed by atoms with van der Waals surface area (Å²) in [6, 6.07) is -0.805.